The molecule has 0 saturated heterocycles. The Hall–Kier alpha value is -3.85. The van der Waals surface area contributed by atoms with Crippen molar-refractivity contribution in [1.82, 2.24) is 0 Å². The predicted molar refractivity (Wildman–Crippen MR) is 130 cm³/mol. The van der Waals surface area contributed by atoms with Crippen molar-refractivity contribution >= 4 is 18.1 Å². The molecule has 4 rings (SSSR count). The zero-order chi connectivity index (χ0) is 26.7. The molecule has 3 aromatic rings. The largest absolute Gasteiger partial charge is 0.486 e. The van der Waals surface area contributed by atoms with E-state index in [4.69, 9.17) is 9.47 Å². The number of hydrogen-bond donors (Lipinski definition) is 2. The van der Waals surface area contributed by atoms with Crippen LogP contribution in [0.15, 0.2) is 48.5 Å². The number of aliphatic carboxylic acids is 1. The summed E-state index contributed by atoms with van der Waals surface area (Å²) in [5.41, 5.74) is 1.36. The van der Waals surface area contributed by atoms with Gasteiger partial charge in [0.05, 0.1) is 18.1 Å². The van der Waals surface area contributed by atoms with Gasteiger partial charge in [0.1, 0.15) is 13.2 Å². The lowest BCUT2D eigenvalue weighted by molar-refractivity contribution is -0.143. The van der Waals surface area contributed by atoms with Crippen LogP contribution in [0.2, 0.25) is 0 Å². The molecule has 0 bridgehead atoms. The number of hydrogen-bond acceptors (Lipinski definition) is 4. The molecule has 1 aliphatic heterocycles. The fourth-order valence-electron chi connectivity index (χ4n) is 4.24. The van der Waals surface area contributed by atoms with Crippen LogP contribution in [0.1, 0.15) is 27.8 Å². The minimum Gasteiger partial charge on any atom is -0.486 e. The third-order valence-corrected chi connectivity index (χ3v) is 6.23. The van der Waals surface area contributed by atoms with E-state index in [2.05, 4.69) is 0 Å². The summed E-state index contributed by atoms with van der Waals surface area (Å²) >= 11 is 0. The molecule has 1 heterocycles. The first-order valence-corrected chi connectivity index (χ1v) is 11.5. The van der Waals surface area contributed by atoms with Crippen molar-refractivity contribution in [2.75, 3.05) is 19.8 Å². The highest BCUT2D eigenvalue weighted by molar-refractivity contribution is 5.79. The Labute approximate surface area is 210 Å². The average molecular weight is 516 g/mol. The number of benzene rings is 3. The van der Waals surface area contributed by atoms with Gasteiger partial charge in [-0.05, 0) is 59.4 Å². The molecule has 3 aromatic carbocycles. The molecule has 1 atom stereocenters. The van der Waals surface area contributed by atoms with E-state index in [1.54, 1.807) is 37.3 Å². The lowest BCUT2D eigenvalue weighted by atomic mass is 9.93. The van der Waals surface area contributed by atoms with Crippen LogP contribution >= 0.6 is 0 Å². The molecule has 0 spiro atoms. The molecule has 1 aliphatic rings. The second-order valence-electron chi connectivity index (χ2n) is 8.65. The normalized spacial score (nSPS) is 14.1. The number of alkyl halides is 3. The van der Waals surface area contributed by atoms with Crippen LogP contribution in [-0.4, -0.2) is 36.0 Å². The molecule has 2 N–H and O–H groups in total. The van der Waals surface area contributed by atoms with Crippen molar-refractivity contribution in [2.45, 2.75) is 19.5 Å². The van der Waals surface area contributed by atoms with E-state index in [-0.39, 0.29) is 29.9 Å². The Kier molecular flexibility index (Phi) is 7.54. The van der Waals surface area contributed by atoms with Gasteiger partial charge >= 0.3 is 12.1 Å². The van der Waals surface area contributed by atoms with Gasteiger partial charge < -0.3 is 19.7 Å². The van der Waals surface area contributed by atoms with E-state index in [1.165, 1.54) is 24.3 Å². The first-order valence-electron chi connectivity index (χ1n) is 11.5. The smallest absolute Gasteiger partial charge is 0.416 e. The summed E-state index contributed by atoms with van der Waals surface area (Å²) in [6, 6.07) is 11.7. The van der Waals surface area contributed by atoms with Crippen LogP contribution in [0.25, 0.3) is 23.3 Å². The number of carboxylic acids is 1. The van der Waals surface area contributed by atoms with Gasteiger partial charge in [0.2, 0.25) is 0 Å². The number of fused-ring (bicyclic) bond motifs is 1. The third-order valence-electron chi connectivity index (χ3n) is 6.23. The highest BCUT2D eigenvalue weighted by Crippen LogP contribution is 2.40. The van der Waals surface area contributed by atoms with Crippen LogP contribution < -0.4 is 9.47 Å². The van der Waals surface area contributed by atoms with E-state index in [0.717, 1.165) is 6.07 Å². The molecule has 194 valence electrons. The highest BCUT2D eigenvalue weighted by atomic mass is 19.4. The first-order chi connectivity index (χ1) is 17.6. The zero-order valence-electron chi connectivity index (χ0n) is 19.8. The summed E-state index contributed by atoms with van der Waals surface area (Å²) in [4.78, 5) is 11.3. The number of carboxylic acid groups (broad SMARTS) is 1. The second-order valence-corrected chi connectivity index (χ2v) is 8.65. The molecule has 0 fully saturated rings. The minimum atomic E-state index is -4.63. The van der Waals surface area contributed by atoms with Gasteiger partial charge in [-0.25, -0.2) is 4.39 Å². The summed E-state index contributed by atoms with van der Waals surface area (Å²) in [6.07, 6.45) is -1.95. The Morgan fingerprint density at radius 2 is 1.76 bits per heavy atom. The molecule has 0 unspecified atom stereocenters. The quantitative estimate of drug-likeness (QED) is 0.298. The van der Waals surface area contributed by atoms with Crippen LogP contribution in [0, 0.1) is 18.7 Å². The van der Waals surface area contributed by atoms with Gasteiger partial charge in [0, 0.05) is 5.56 Å². The topological polar surface area (TPSA) is 76.0 Å². The number of rotatable bonds is 7. The maximum Gasteiger partial charge on any atom is 0.416 e. The second kappa shape index (κ2) is 10.6. The van der Waals surface area contributed by atoms with Gasteiger partial charge in [0.15, 0.2) is 17.3 Å². The Morgan fingerprint density at radius 3 is 2.46 bits per heavy atom. The average Bonchev–Trinajstić information content (AvgIpc) is 2.86. The van der Waals surface area contributed by atoms with Gasteiger partial charge in [-0.2, -0.15) is 13.2 Å². The van der Waals surface area contributed by atoms with Gasteiger partial charge in [-0.15, -0.1) is 0 Å². The Balaban J connectivity index is 1.71. The van der Waals surface area contributed by atoms with Crippen molar-refractivity contribution in [1.29, 1.82) is 0 Å². The molecular formula is C28H24F4O5. The summed E-state index contributed by atoms with van der Waals surface area (Å²) < 4.78 is 67.1. The molecular weight excluding hydrogens is 492 g/mol. The molecule has 0 saturated carbocycles. The lowest BCUT2D eigenvalue weighted by Crippen LogP contribution is -2.20. The van der Waals surface area contributed by atoms with E-state index < -0.39 is 36.1 Å². The molecule has 0 aromatic heterocycles. The number of aliphatic hydroxyl groups excluding tert-OH is 1. The van der Waals surface area contributed by atoms with Gasteiger partial charge in [0.25, 0.3) is 0 Å². The third kappa shape index (κ3) is 5.61. The van der Waals surface area contributed by atoms with Crippen LogP contribution in [0.3, 0.4) is 0 Å². The van der Waals surface area contributed by atoms with Crippen LogP contribution in [0.5, 0.6) is 11.5 Å². The van der Waals surface area contributed by atoms with Gasteiger partial charge in [-0.1, -0.05) is 42.5 Å². The van der Waals surface area contributed by atoms with Crippen LogP contribution in [0.4, 0.5) is 17.6 Å². The predicted octanol–water partition coefficient (Wildman–Crippen LogP) is 6.00. The molecule has 37 heavy (non-hydrogen) atoms. The molecule has 5 nitrogen and oxygen atoms in total. The van der Waals surface area contributed by atoms with Crippen molar-refractivity contribution in [2.24, 2.45) is 5.92 Å². The number of aliphatic hydroxyl groups is 1. The molecule has 0 aliphatic carbocycles. The number of halogens is 4. The minimum absolute atomic E-state index is 0.0262. The summed E-state index contributed by atoms with van der Waals surface area (Å²) in [6.45, 7) is 1.65. The zero-order valence-corrected chi connectivity index (χ0v) is 19.8. The van der Waals surface area contributed by atoms with E-state index in [1.807, 2.05) is 0 Å². The maximum atomic E-state index is 15.2. The summed E-state index contributed by atoms with van der Waals surface area (Å²) in [5, 5.41) is 18.5. The fraction of sp³-hybridized carbons (Fsp3) is 0.250. The SMILES string of the molecule is Cc1c(/C=C/c2cc(C[C@@H](CO)C(=O)O)ccc2C(F)(F)F)cccc1-c1ccc2c(c1F)OCCO2. The number of ether oxygens (including phenoxy) is 2. The first kappa shape index (κ1) is 26.2. The highest BCUT2D eigenvalue weighted by Gasteiger charge is 2.33. The maximum absolute atomic E-state index is 15.2. The van der Waals surface area contributed by atoms with Crippen molar-refractivity contribution < 1.29 is 42.0 Å². The fourth-order valence-corrected chi connectivity index (χ4v) is 4.24. The van der Waals surface area contributed by atoms with E-state index in [9.17, 15) is 28.2 Å². The Bertz CT molecular complexity index is 1350. The van der Waals surface area contributed by atoms with E-state index >= 15 is 4.39 Å². The van der Waals surface area contributed by atoms with E-state index in [0.29, 0.717) is 34.6 Å². The van der Waals surface area contributed by atoms with Crippen LogP contribution in [-0.2, 0) is 17.4 Å². The molecule has 0 amide bonds. The molecule has 9 heteroatoms. The van der Waals surface area contributed by atoms with Crippen molar-refractivity contribution in [3.8, 4) is 22.6 Å². The van der Waals surface area contributed by atoms with Crippen molar-refractivity contribution in [3.05, 3.63) is 82.2 Å². The summed E-state index contributed by atoms with van der Waals surface area (Å²) in [5.74, 6) is -2.61. The standard InChI is InChI=1S/C28H24F4O5/c1-16-18(3-2-4-21(16)22-8-10-24-26(25(22)29)37-12-11-36-24)6-7-19-13-17(14-20(15-33)27(34)35)5-9-23(19)28(30,31)32/h2-10,13,20,33H,11-12,14-15H2,1H3,(H,34,35)/b7-6+/t20-/m0/s1. The Morgan fingerprint density at radius 1 is 1.03 bits per heavy atom. The summed E-state index contributed by atoms with van der Waals surface area (Å²) in [7, 11) is 0. The van der Waals surface area contributed by atoms with Crippen molar-refractivity contribution in [3.63, 3.8) is 0 Å². The molecule has 0 radical (unpaired) electrons. The monoisotopic (exact) mass is 516 g/mol. The number of carbonyl (C=O) groups is 1. The lowest BCUT2D eigenvalue weighted by Gasteiger charge is -2.20. The van der Waals surface area contributed by atoms with Gasteiger partial charge in [-0.3, -0.25) is 4.79 Å².